The predicted octanol–water partition coefficient (Wildman–Crippen LogP) is 0.450. The van der Waals surface area contributed by atoms with Gasteiger partial charge in [0.15, 0.2) is 5.76 Å². The SMILES string of the molecule is CCCCC[C@@H]1OC2=C(C(=O)NC2(COC)OC)[C@H](O)[C@@]1(C)O. The highest BCUT2D eigenvalue weighted by Gasteiger charge is 2.58. The Morgan fingerprint density at radius 3 is 2.61 bits per heavy atom. The van der Waals surface area contributed by atoms with Gasteiger partial charge in [0, 0.05) is 14.2 Å². The molecule has 4 atom stereocenters. The molecule has 0 spiro atoms. The summed E-state index contributed by atoms with van der Waals surface area (Å²) < 4.78 is 16.5. The largest absolute Gasteiger partial charge is 0.486 e. The minimum Gasteiger partial charge on any atom is -0.486 e. The number of methoxy groups -OCH3 is 2. The van der Waals surface area contributed by atoms with Crippen LogP contribution in [-0.4, -0.2) is 60.5 Å². The van der Waals surface area contributed by atoms with Crippen molar-refractivity contribution in [2.45, 2.75) is 63.1 Å². The Balaban J connectivity index is 2.36. The van der Waals surface area contributed by atoms with Gasteiger partial charge in [0.1, 0.15) is 24.4 Å². The maximum atomic E-state index is 12.3. The number of carbonyl (C=O) groups is 1. The van der Waals surface area contributed by atoms with Crippen LogP contribution in [-0.2, 0) is 19.0 Å². The van der Waals surface area contributed by atoms with Crippen molar-refractivity contribution >= 4 is 5.91 Å². The smallest absolute Gasteiger partial charge is 0.256 e. The van der Waals surface area contributed by atoms with Gasteiger partial charge < -0.3 is 29.7 Å². The third kappa shape index (κ3) is 2.98. The first-order valence-electron chi connectivity index (χ1n) is 8.02. The number of hydrogen-bond donors (Lipinski definition) is 3. The summed E-state index contributed by atoms with van der Waals surface area (Å²) in [5, 5.41) is 23.9. The molecule has 1 unspecified atom stereocenters. The second kappa shape index (κ2) is 6.76. The highest BCUT2D eigenvalue weighted by molar-refractivity contribution is 5.99. The summed E-state index contributed by atoms with van der Waals surface area (Å²) in [4.78, 5) is 12.3. The van der Waals surface area contributed by atoms with E-state index in [9.17, 15) is 15.0 Å². The Labute approximate surface area is 136 Å². The number of unbranched alkanes of at least 4 members (excludes halogenated alkanes) is 2. The molecule has 0 radical (unpaired) electrons. The fourth-order valence-electron chi connectivity index (χ4n) is 3.20. The van der Waals surface area contributed by atoms with Crippen LogP contribution < -0.4 is 5.32 Å². The van der Waals surface area contributed by atoms with Gasteiger partial charge in [0.25, 0.3) is 5.91 Å². The number of ether oxygens (including phenoxy) is 3. The van der Waals surface area contributed by atoms with Gasteiger partial charge in [0.2, 0.25) is 5.72 Å². The fraction of sp³-hybridized carbons (Fsp3) is 0.812. The zero-order valence-corrected chi connectivity index (χ0v) is 14.2. The fourth-order valence-corrected chi connectivity index (χ4v) is 3.20. The molecule has 23 heavy (non-hydrogen) atoms. The van der Waals surface area contributed by atoms with Crippen LogP contribution in [0.15, 0.2) is 11.3 Å². The highest BCUT2D eigenvalue weighted by atomic mass is 16.6. The molecule has 0 aromatic rings. The lowest BCUT2D eigenvalue weighted by atomic mass is 9.82. The number of rotatable bonds is 7. The van der Waals surface area contributed by atoms with E-state index in [0.717, 1.165) is 19.3 Å². The van der Waals surface area contributed by atoms with Crippen LogP contribution in [0.4, 0.5) is 0 Å². The van der Waals surface area contributed by atoms with Gasteiger partial charge in [-0.05, 0) is 19.8 Å². The molecule has 0 aromatic carbocycles. The molecule has 132 valence electrons. The Bertz CT molecular complexity index is 489. The molecule has 0 saturated carbocycles. The molecule has 2 heterocycles. The Kier molecular flexibility index (Phi) is 5.35. The lowest BCUT2D eigenvalue weighted by Crippen LogP contribution is -2.56. The second-order valence-corrected chi connectivity index (χ2v) is 6.39. The average molecular weight is 329 g/mol. The molecule has 3 N–H and O–H groups in total. The summed E-state index contributed by atoms with van der Waals surface area (Å²) in [6, 6.07) is 0. The van der Waals surface area contributed by atoms with Gasteiger partial charge in [-0.2, -0.15) is 0 Å². The van der Waals surface area contributed by atoms with Crippen molar-refractivity contribution in [1.82, 2.24) is 5.32 Å². The monoisotopic (exact) mass is 329 g/mol. The van der Waals surface area contributed by atoms with E-state index in [1.165, 1.54) is 21.1 Å². The summed E-state index contributed by atoms with van der Waals surface area (Å²) in [6.45, 7) is 3.63. The quantitative estimate of drug-likeness (QED) is 0.587. The zero-order valence-electron chi connectivity index (χ0n) is 14.2. The molecule has 7 heteroatoms. The Morgan fingerprint density at radius 2 is 2.04 bits per heavy atom. The lowest BCUT2D eigenvalue weighted by Gasteiger charge is -2.43. The van der Waals surface area contributed by atoms with Crippen LogP contribution in [0.2, 0.25) is 0 Å². The van der Waals surface area contributed by atoms with Gasteiger partial charge >= 0.3 is 0 Å². The van der Waals surface area contributed by atoms with Crippen LogP contribution >= 0.6 is 0 Å². The van der Waals surface area contributed by atoms with E-state index in [1.54, 1.807) is 0 Å². The summed E-state index contributed by atoms with van der Waals surface area (Å²) in [5.41, 5.74) is -2.79. The number of nitrogens with one attached hydrogen (secondary N) is 1. The maximum Gasteiger partial charge on any atom is 0.256 e. The van der Waals surface area contributed by atoms with Crippen molar-refractivity contribution in [2.75, 3.05) is 20.8 Å². The molecule has 2 rings (SSSR count). The number of aliphatic hydroxyl groups excluding tert-OH is 1. The molecular weight excluding hydrogens is 302 g/mol. The Hall–Kier alpha value is -1.15. The van der Waals surface area contributed by atoms with E-state index in [1.807, 2.05) is 0 Å². The maximum absolute atomic E-state index is 12.3. The third-order valence-corrected chi connectivity index (χ3v) is 4.68. The van der Waals surface area contributed by atoms with Crippen molar-refractivity contribution < 1.29 is 29.2 Å². The molecule has 2 aliphatic heterocycles. The highest BCUT2D eigenvalue weighted by Crippen LogP contribution is 2.42. The first-order valence-corrected chi connectivity index (χ1v) is 8.02. The van der Waals surface area contributed by atoms with E-state index in [-0.39, 0.29) is 17.9 Å². The molecule has 0 aromatic heterocycles. The molecule has 0 fully saturated rings. The minimum absolute atomic E-state index is 0.0145. The van der Waals surface area contributed by atoms with E-state index in [0.29, 0.717) is 6.42 Å². The Morgan fingerprint density at radius 1 is 1.35 bits per heavy atom. The molecule has 2 aliphatic rings. The molecule has 0 aliphatic carbocycles. The van der Waals surface area contributed by atoms with Crippen molar-refractivity contribution in [3.05, 3.63) is 11.3 Å². The van der Waals surface area contributed by atoms with Crippen LogP contribution in [0.3, 0.4) is 0 Å². The summed E-state index contributed by atoms with van der Waals surface area (Å²) >= 11 is 0. The van der Waals surface area contributed by atoms with Crippen molar-refractivity contribution in [1.29, 1.82) is 0 Å². The minimum atomic E-state index is -1.54. The number of carbonyl (C=O) groups excluding carboxylic acids is 1. The molecule has 0 saturated heterocycles. The predicted molar refractivity (Wildman–Crippen MR) is 82.4 cm³/mol. The van der Waals surface area contributed by atoms with Crippen molar-refractivity contribution in [3.8, 4) is 0 Å². The number of amides is 1. The first kappa shape index (κ1) is 18.2. The molecule has 0 bridgehead atoms. The number of hydrogen-bond acceptors (Lipinski definition) is 6. The van der Waals surface area contributed by atoms with Crippen molar-refractivity contribution in [3.63, 3.8) is 0 Å². The van der Waals surface area contributed by atoms with Gasteiger partial charge in [-0.25, -0.2) is 0 Å². The molecule has 1 amide bonds. The molecule has 7 nitrogen and oxygen atoms in total. The summed E-state index contributed by atoms with van der Waals surface area (Å²) in [7, 11) is 2.92. The van der Waals surface area contributed by atoms with Crippen LogP contribution in [0, 0.1) is 0 Å². The standard InChI is InChI=1S/C16H27NO6/c1-5-6-7-8-10-15(2,20)12(18)11-13(23-10)16(22-4,9-21-3)17-14(11)19/h10,12,18,20H,5-9H2,1-4H3,(H,17,19)/t10-,12-,15-,16?/m0/s1. The van der Waals surface area contributed by atoms with Gasteiger partial charge in [-0.15, -0.1) is 0 Å². The normalized spacial score (nSPS) is 36.7. The van der Waals surface area contributed by atoms with Gasteiger partial charge in [0.05, 0.1) is 5.57 Å². The summed E-state index contributed by atoms with van der Waals surface area (Å²) in [5.74, 6) is -0.300. The van der Waals surface area contributed by atoms with E-state index >= 15 is 0 Å². The lowest BCUT2D eigenvalue weighted by molar-refractivity contribution is -0.171. The van der Waals surface area contributed by atoms with Crippen LogP contribution in [0.5, 0.6) is 0 Å². The van der Waals surface area contributed by atoms with Gasteiger partial charge in [-0.1, -0.05) is 19.8 Å². The van der Waals surface area contributed by atoms with Crippen molar-refractivity contribution in [2.24, 2.45) is 0 Å². The number of aliphatic hydroxyl groups is 2. The van der Waals surface area contributed by atoms with Crippen LogP contribution in [0.25, 0.3) is 0 Å². The van der Waals surface area contributed by atoms with Gasteiger partial charge in [-0.3, -0.25) is 4.79 Å². The van der Waals surface area contributed by atoms with Crippen LogP contribution in [0.1, 0.15) is 39.5 Å². The van der Waals surface area contributed by atoms with E-state index < -0.39 is 29.4 Å². The van der Waals surface area contributed by atoms with E-state index in [4.69, 9.17) is 14.2 Å². The average Bonchev–Trinajstić information content (AvgIpc) is 2.77. The third-order valence-electron chi connectivity index (χ3n) is 4.68. The topological polar surface area (TPSA) is 97.3 Å². The first-order chi connectivity index (χ1) is 10.8. The molecular formula is C16H27NO6. The summed E-state index contributed by atoms with van der Waals surface area (Å²) in [6.07, 6.45) is 1.52. The zero-order chi connectivity index (χ0) is 17.3. The second-order valence-electron chi connectivity index (χ2n) is 6.39. The van der Waals surface area contributed by atoms with E-state index in [2.05, 4.69) is 12.2 Å².